The van der Waals surface area contributed by atoms with E-state index in [1.54, 1.807) is 7.05 Å². The molecule has 1 aromatic rings. The van der Waals surface area contributed by atoms with Crippen molar-refractivity contribution in [2.24, 2.45) is 5.92 Å². The van der Waals surface area contributed by atoms with Gasteiger partial charge in [-0.1, -0.05) is 6.42 Å². The first-order chi connectivity index (χ1) is 8.53. The fourth-order valence-corrected chi connectivity index (χ4v) is 3.13. The molecule has 1 saturated carbocycles. The highest BCUT2D eigenvalue weighted by Gasteiger charge is 2.28. The Bertz CT molecular complexity index is 496. The summed E-state index contributed by atoms with van der Waals surface area (Å²) in [5, 5.41) is 2.75. The summed E-state index contributed by atoms with van der Waals surface area (Å²) in [5.74, 6) is 0.860. The van der Waals surface area contributed by atoms with E-state index in [1.165, 1.54) is 18.8 Å². The summed E-state index contributed by atoms with van der Waals surface area (Å²) < 4.78 is 26.8. The Balaban J connectivity index is 2.08. The van der Waals surface area contributed by atoms with Crippen LogP contribution in [0.4, 0.5) is 5.95 Å². The molecule has 2 N–H and O–H groups in total. The third-order valence-electron chi connectivity index (χ3n) is 3.36. The molecular formula is C11H18N4O2S. The maximum Gasteiger partial charge on any atom is 0.243 e. The van der Waals surface area contributed by atoms with Crippen LogP contribution in [0, 0.1) is 5.92 Å². The van der Waals surface area contributed by atoms with Gasteiger partial charge >= 0.3 is 0 Å². The minimum absolute atomic E-state index is 0.0345. The molecule has 0 saturated heterocycles. The molecule has 1 heterocycles. The minimum atomic E-state index is -3.51. The van der Waals surface area contributed by atoms with Gasteiger partial charge in [0.15, 0.2) is 0 Å². The van der Waals surface area contributed by atoms with Crippen molar-refractivity contribution in [3.8, 4) is 0 Å². The third-order valence-corrected chi connectivity index (χ3v) is 4.87. The van der Waals surface area contributed by atoms with Gasteiger partial charge in [-0.25, -0.2) is 23.1 Å². The monoisotopic (exact) mass is 270 g/mol. The van der Waals surface area contributed by atoms with Gasteiger partial charge in [0, 0.05) is 13.1 Å². The van der Waals surface area contributed by atoms with Crippen molar-refractivity contribution < 1.29 is 8.42 Å². The van der Waals surface area contributed by atoms with E-state index < -0.39 is 10.0 Å². The number of hydrogen-bond acceptors (Lipinski definition) is 5. The molecule has 0 amide bonds. The number of rotatable bonds is 5. The fraction of sp³-hybridized carbons (Fsp3) is 0.636. The number of nitrogens with zero attached hydrogens (tertiary/aromatic N) is 2. The number of nitrogens with one attached hydrogen (secondary N) is 2. The van der Waals surface area contributed by atoms with Gasteiger partial charge in [-0.05, 0) is 25.7 Å². The number of hydrogen-bond donors (Lipinski definition) is 2. The molecule has 0 spiro atoms. The molecule has 0 aromatic carbocycles. The lowest BCUT2D eigenvalue weighted by atomic mass is 9.81. The molecular weight excluding hydrogens is 252 g/mol. The summed E-state index contributed by atoms with van der Waals surface area (Å²) in [7, 11) is -1.83. The molecule has 6 nitrogen and oxygen atoms in total. The zero-order chi connectivity index (χ0) is 13.2. The maximum absolute atomic E-state index is 12.1. The smallest absolute Gasteiger partial charge is 0.243 e. The lowest BCUT2D eigenvalue weighted by Crippen LogP contribution is -2.40. The van der Waals surface area contributed by atoms with E-state index in [-0.39, 0.29) is 10.9 Å². The van der Waals surface area contributed by atoms with Crippen molar-refractivity contribution in [1.82, 2.24) is 14.7 Å². The second-order valence-electron chi connectivity index (χ2n) is 4.59. The highest BCUT2D eigenvalue weighted by molar-refractivity contribution is 7.89. The molecule has 0 bridgehead atoms. The average Bonchev–Trinajstić information content (AvgIpc) is 2.26. The van der Waals surface area contributed by atoms with Gasteiger partial charge in [0.2, 0.25) is 16.0 Å². The van der Waals surface area contributed by atoms with Crippen LogP contribution in [0.15, 0.2) is 17.3 Å². The number of anilines is 1. The van der Waals surface area contributed by atoms with Crippen LogP contribution in [0.5, 0.6) is 0 Å². The molecule has 100 valence electrons. The second-order valence-corrected chi connectivity index (χ2v) is 6.31. The average molecular weight is 270 g/mol. The molecule has 1 unspecified atom stereocenters. The van der Waals surface area contributed by atoms with Crippen LogP contribution in [-0.4, -0.2) is 31.5 Å². The Hall–Kier alpha value is -1.21. The highest BCUT2D eigenvalue weighted by atomic mass is 32.2. The van der Waals surface area contributed by atoms with E-state index >= 15 is 0 Å². The number of sulfonamides is 1. The van der Waals surface area contributed by atoms with Crippen LogP contribution < -0.4 is 10.0 Å². The van der Waals surface area contributed by atoms with Crippen LogP contribution in [0.2, 0.25) is 0 Å². The van der Waals surface area contributed by atoms with Gasteiger partial charge in [-0.2, -0.15) is 0 Å². The lowest BCUT2D eigenvalue weighted by Gasteiger charge is -2.31. The predicted octanol–water partition coefficient (Wildman–Crippen LogP) is 0.985. The Morgan fingerprint density at radius 1 is 1.33 bits per heavy atom. The van der Waals surface area contributed by atoms with Crippen LogP contribution in [-0.2, 0) is 10.0 Å². The predicted molar refractivity (Wildman–Crippen MR) is 68.7 cm³/mol. The van der Waals surface area contributed by atoms with E-state index in [4.69, 9.17) is 0 Å². The molecule has 1 atom stereocenters. The van der Waals surface area contributed by atoms with E-state index in [2.05, 4.69) is 20.0 Å². The van der Waals surface area contributed by atoms with Crippen LogP contribution in [0.1, 0.15) is 26.2 Å². The van der Waals surface area contributed by atoms with Gasteiger partial charge in [0.1, 0.15) is 4.90 Å². The number of aromatic nitrogens is 2. The Morgan fingerprint density at radius 2 is 1.94 bits per heavy atom. The first-order valence-electron chi connectivity index (χ1n) is 6.05. The summed E-state index contributed by atoms with van der Waals surface area (Å²) in [6, 6.07) is -0.0345. The molecule has 7 heteroatoms. The van der Waals surface area contributed by atoms with E-state index in [0.717, 1.165) is 12.8 Å². The van der Waals surface area contributed by atoms with Crippen molar-refractivity contribution in [3.63, 3.8) is 0 Å². The molecule has 1 aliphatic carbocycles. The summed E-state index contributed by atoms with van der Waals surface area (Å²) in [4.78, 5) is 7.92. The van der Waals surface area contributed by atoms with Crippen molar-refractivity contribution in [1.29, 1.82) is 0 Å². The van der Waals surface area contributed by atoms with Crippen molar-refractivity contribution >= 4 is 16.0 Å². The maximum atomic E-state index is 12.1. The Kier molecular flexibility index (Phi) is 3.82. The molecule has 18 heavy (non-hydrogen) atoms. The van der Waals surface area contributed by atoms with E-state index in [0.29, 0.717) is 11.9 Å². The van der Waals surface area contributed by atoms with Gasteiger partial charge in [-0.3, -0.25) is 0 Å². The first-order valence-corrected chi connectivity index (χ1v) is 7.53. The zero-order valence-electron chi connectivity index (χ0n) is 10.5. The molecule has 0 aliphatic heterocycles. The van der Waals surface area contributed by atoms with Crippen molar-refractivity contribution in [2.75, 3.05) is 12.4 Å². The third kappa shape index (κ3) is 2.78. The van der Waals surface area contributed by atoms with Crippen LogP contribution >= 0.6 is 0 Å². The molecule has 0 radical (unpaired) electrons. The Morgan fingerprint density at radius 3 is 2.39 bits per heavy atom. The molecule has 2 rings (SSSR count). The molecule has 1 aromatic heterocycles. The molecule has 1 aliphatic rings. The van der Waals surface area contributed by atoms with E-state index in [9.17, 15) is 8.42 Å². The second kappa shape index (κ2) is 5.19. The van der Waals surface area contributed by atoms with Gasteiger partial charge in [-0.15, -0.1) is 0 Å². The van der Waals surface area contributed by atoms with Gasteiger partial charge in [0.25, 0.3) is 0 Å². The molecule has 1 fully saturated rings. The van der Waals surface area contributed by atoms with Crippen molar-refractivity contribution in [2.45, 2.75) is 37.1 Å². The summed E-state index contributed by atoms with van der Waals surface area (Å²) in [6.45, 7) is 1.91. The van der Waals surface area contributed by atoms with Gasteiger partial charge < -0.3 is 5.32 Å². The van der Waals surface area contributed by atoms with Gasteiger partial charge in [0.05, 0.1) is 12.4 Å². The normalized spacial score (nSPS) is 18.1. The minimum Gasteiger partial charge on any atom is -0.357 e. The Labute approximate surface area is 107 Å². The quantitative estimate of drug-likeness (QED) is 0.833. The van der Waals surface area contributed by atoms with Crippen LogP contribution in [0.25, 0.3) is 0 Å². The highest BCUT2D eigenvalue weighted by Crippen LogP contribution is 2.29. The van der Waals surface area contributed by atoms with E-state index in [1.807, 2.05) is 6.92 Å². The zero-order valence-corrected chi connectivity index (χ0v) is 11.4. The lowest BCUT2D eigenvalue weighted by molar-refractivity contribution is 0.260. The standard InChI is InChI=1S/C11H18N4O2S/c1-8(9-4-3-5-9)15-18(16,17)10-6-13-11(12-2)14-7-10/h6-9,15H,3-5H2,1-2H3,(H,12,13,14). The van der Waals surface area contributed by atoms with Crippen molar-refractivity contribution in [3.05, 3.63) is 12.4 Å². The summed E-state index contributed by atoms with van der Waals surface area (Å²) in [6.07, 6.45) is 6.01. The summed E-state index contributed by atoms with van der Waals surface area (Å²) >= 11 is 0. The largest absolute Gasteiger partial charge is 0.357 e. The SMILES string of the molecule is CNc1ncc(S(=O)(=O)NC(C)C2CCC2)cn1. The topological polar surface area (TPSA) is 84.0 Å². The summed E-state index contributed by atoms with van der Waals surface area (Å²) in [5.41, 5.74) is 0. The fourth-order valence-electron chi connectivity index (χ4n) is 1.93. The van der Waals surface area contributed by atoms with Crippen LogP contribution in [0.3, 0.4) is 0 Å². The first kappa shape index (κ1) is 13.2.